The number of anilines is 1. The molecule has 0 radical (unpaired) electrons. The zero-order valence-electron chi connectivity index (χ0n) is 17.1. The van der Waals surface area contributed by atoms with Gasteiger partial charge in [-0.15, -0.1) is 0 Å². The van der Waals surface area contributed by atoms with Crippen LogP contribution in [0.15, 0.2) is 59.4 Å². The quantitative estimate of drug-likeness (QED) is 0.688. The summed E-state index contributed by atoms with van der Waals surface area (Å²) in [4.78, 5) is 30.1. The minimum absolute atomic E-state index is 0.00177. The molecule has 29 heavy (non-hydrogen) atoms. The van der Waals surface area contributed by atoms with E-state index in [1.165, 1.54) is 0 Å². The summed E-state index contributed by atoms with van der Waals surface area (Å²) in [5, 5.41) is 0. The van der Waals surface area contributed by atoms with Gasteiger partial charge in [-0.3, -0.25) is 14.3 Å². The second-order valence-corrected chi connectivity index (χ2v) is 7.51. The van der Waals surface area contributed by atoms with Crippen LogP contribution >= 0.6 is 0 Å². The maximum absolute atomic E-state index is 13.2. The minimum Gasteiger partial charge on any atom is -0.378 e. The van der Waals surface area contributed by atoms with E-state index in [-0.39, 0.29) is 11.5 Å². The Balaban J connectivity index is 1.69. The molecule has 6 nitrogen and oxygen atoms in total. The van der Waals surface area contributed by atoms with Crippen molar-refractivity contribution in [1.29, 1.82) is 0 Å². The van der Waals surface area contributed by atoms with Gasteiger partial charge in [-0.2, -0.15) is 0 Å². The van der Waals surface area contributed by atoms with Crippen LogP contribution < -0.4 is 10.5 Å². The first-order valence-corrected chi connectivity index (χ1v) is 9.97. The van der Waals surface area contributed by atoms with Gasteiger partial charge in [0, 0.05) is 44.0 Å². The summed E-state index contributed by atoms with van der Waals surface area (Å²) in [6.45, 7) is 3.69. The topological polar surface area (TPSA) is 50.5 Å². The summed E-state index contributed by atoms with van der Waals surface area (Å²) in [6, 6.07) is 17.3. The molecule has 0 aliphatic carbocycles. The number of carbonyl (C=O) groups excluding carboxylic acids is 1. The smallest absolute Gasteiger partial charge is 0.274 e. The molecule has 0 unspecified atom stereocenters. The Morgan fingerprint density at radius 1 is 1.07 bits per heavy atom. The van der Waals surface area contributed by atoms with Crippen molar-refractivity contribution in [3.8, 4) is 5.69 Å². The second-order valence-electron chi connectivity index (χ2n) is 7.51. The molecular formula is C23H26N4O2. The number of rotatable bonds is 4. The molecule has 4 rings (SSSR count). The van der Waals surface area contributed by atoms with Gasteiger partial charge in [-0.05, 0) is 43.7 Å². The Labute approximate surface area is 170 Å². The molecule has 1 aliphatic heterocycles. The number of hydrogen-bond acceptors (Lipinski definition) is 3. The van der Waals surface area contributed by atoms with E-state index in [0.717, 1.165) is 22.6 Å². The summed E-state index contributed by atoms with van der Waals surface area (Å²) >= 11 is 0. The third-order valence-electron chi connectivity index (χ3n) is 5.52. The van der Waals surface area contributed by atoms with Crippen LogP contribution in [0.3, 0.4) is 0 Å². The lowest BCUT2D eigenvalue weighted by Gasteiger charge is -2.28. The van der Waals surface area contributed by atoms with E-state index >= 15 is 0 Å². The van der Waals surface area contributed by atoms with E-state index in [4.69, 9.17) is 0 Å². The molecule has 2 heterocycles. The van der Waals surface area contributed by atoms with E-state index in [1.807, 2.05) is 90.1 Å². The largest absolute Gasteiger partial charge is 0.378 e. The molecule has 0 saturated carbocycles. The maximum atomic E-state index is 13.2. The first-order chi connectivity index (χ1) is 14.0. The van der Waals surface area contributed by atoms with Gasteiger partial charge in [-0.25, -0.2) is 4.68 Å². The van der Waals surface area contributed by atoms with Crippen molar-refractivity contribution in [3.63, 3.8) is 0 Å². The highest BCUT2D eigenvalue weighted by Gasteiger charge is 2.29. The number of para-hydroxylation sites is 1. The minimum atomic E-state index is 0.00177. The highest BCUT2D eigenvalue weighted by molar-refractivity contribution is 5.95. The molecule has 0 atom stereocenters. The van der Waals surface area contributed by atoms with Gasteiger partial charge in [0.1, 0.15) is 0 Å². The van der Waals surface area contributed by atoms with Crippen LogP contribution in [0.1, 0.15) is 28.5 Å². The highest BCUT2D eigenvalue weighted by Crippen LogP contribution is 2.22. The van der Waals surface area contributed by atoms with E-state index in [2.05, 4.69) is 0 Å². The average molecular weight is 390 g/mol. The third-order valence-corrected chi connectivity index (χ3v) is 5.52. The lowest BCUT2D eigenvalue weighted by molar-refractivity contribution is 0.0729. The zero-order chi connectivity index (χ0) is 20.5. The molecule has 1 amide bonds. The summed E-state index contributed by atoms with van der Waals surface area (Å²) in [7, 11) is 3.92. The number of hydrogen-bond donors (Lipinski definition) is 0. The number of amides is 1. The van der Waals surface area contributed by atoms with Crippen molar-refractivity contribution in [1.82, 2.24) is 14.3 Å². The molecule has 6 heteroatoms. The van der Waals surface area contributed by atoms with Crippen molar-refractivity contribution in [2.24, 2.45) is 0 Å². The van der Waals surface area contributed by atoms with Crippen LogP contribution in [0.25, 0.3) is 5.69 Å². The van der Waals surface area contributed by atoms with Crippen molar-refractivity contribution in [2.45, 2.75) is 26.4 Å². The second kappa shape index (κ2) is 7.62. The summed E-state index contributed by atoms with van der Waals surface area (Å²) in [6.07, 6.45) is 0.576. The van der Waals surface area contributed by atoms with E-state index in [0.29, 0.717) is 31.6 Å². The molecule has 0 fully saturated rings. The zero-order valence-corrected chi connectivity index (χ0v) is 17.1. The van der Waals surface area contributed by atoms with Gasteiger partial charge in [0.25, 0.3) is 11.5 Å². The predicted octanol–water partition coefficient (Wildman–Crippen LogP) is 2.92. The van der Waals surface area contributed by atoms with Gasteiger partial charge >= 0.3 is 0 Å². The SMILES string of the molecule is CCn1c2c(c(=O)n1-c1ccccc1)CCN(C(=O)c1cccc(N(C)C)c1)C2. The molecular weight excluding hydrogens is 364 g/mol. The van der Waals surface area contributed by atoms with Crippen LogP contribution in [0.2, 0.25) is 0 Å². The third kappa shape index (κ3) is 3.35. The molecule has 0 saturated heterocycles. The van der Waals surface area contributed by atoms with Crippen molar-refractivity contribution in [3.05, 3.63) is 81.8 Å². The average Bonchev–Trinajstić information content (AvgIpc) is 3.05. The number of nitrogens with zero attached hydrogens (tertiary/aromatic N) is 4. The van der Waals surface area contributed by atoms with Crippen LogP contribution in [-0.4, -0.2) is 40.8 Å². The fraction of sp³-hybridized carbons (Fsp3) is 0.304. The van der Waals surface area contributed by atoms with Crippen molar-refractivity contribution >= 4 is 11.6 Å². The molecule has 2 aromatic carbocycles. The van der Waals surface area contributed by atoms with Gasteiger partial charge in [0.15, 0.2) is 0 Å². The molecule has 3 aromatic rings. The number of fused-ring (bicyclic) bond motifs is 1. The Kier molecular flexibility index (Phi) is 5.01. The van der Waals surface area contributed by atoms with E-state index in [9.17, 15) is 9.59 Å². The fourth-order valence-corrected chi connectivity index (χ4v) is 4.00. The Hall–Kier alpha value is -3.28. The lowest BCUT2D eigenvalue weighted by atomic mass is 10.1. The highest BCUT2D eigenvalue weighted by atomic mass is 16.2. The molecule has 150 valence electrons. The summed E-state index contributed by atoms with van der Waals surface area (Å²) < 4.78 is 3.74. The van der Waals surface area contributed by atoms with Crippen molar-refractivity contribution < 1.29 is 4.79 Å². The van der Waals surface area contributed by atoms with Crippen LogP contribution in [0.5, 0.6) is 0 Å². The standard InChI is InChI=1S/C23H26N4O2/c1-4-26-21-16-25(22(28)17-9-8-12-19(15-17)24(2)3)14-13-20(21)23(29)27(26)18-10-6-5-7-11-18/h5-12,15H,4,13-14,16H2,1-3H3. The van der Waals surface area contributed by atoms with Crippen molar-refractivity contribution in [2.75, 3.05) is 25.5 Å². The number of aromatic nitrogens is 2. The van der Waals surface area contributed by atoms with E-state index < -0.39 is 0 Å². The van der Waals surface area contributed by atoms with Gasteiger partial charge in [0.2, 0.25) is 0 Å². The van der Waals surface area contributed by atoms with Crippen LogP contribution in [0.4, 0.5) is 5.69 Å². The first kappa shape index (κ1) is 19.1. The van der Waals surface area contributed by atoms with Gasteiger partial charge in [0.05, 0.1) is 17.9 Å². The van der Waals surface area contributed by atoms with Gasteiger partial charge < -0.3 is 9.80 Å². The van der Waals surface area contributed by atoms with E-state index in [1.54, 1.807) is 4.68 Å². The molecule has 0 spiro atoms. The summed E-state index contributed by atoms with van der Waals surface area (Å²) in [5.41, 5.74) is 4.30. The normalized spacial score (nSPS) is 13.3. The molecule has 1 aromatic heterocycles. The Bertz CT molecular complexity index is 1100. The predicted molar refractivity (Wildman–Crippen MR) is 115 cm³/mol. The molecule has 1 aliphatic rings. The monoisotopic (exact) mass is 390 g/mol. The number of benzene rings is 2. The van der Waals surface area contributed by atoms with Crippen LogP contribution in [-0.2, 0) is 19.5 Å². The van der Waals surface area contributed by atoms with Gasteiger partial charge in [-0.1, -0.05) is 24.3 Å². The first-order valence-electron chi connectivity index (χ1n) is 9.97. The number of carbonyl (C=O) groups is 1. The lowest BCUT2D eigenvalue weighted by Crippen LogP contribution is -2.37. The molecule has 0 bridgehead atoms. The van der Waals surface area contributed by atoms with Crippen LogP contribution in [0, 0.1) is 0 Å². The summed E-state index contributed by atoms with van der Waals surface area (Å²) in [5.74, 6) is 0.00177. The molecule has 0 N–H and O–H groups in total. The Morgan fingerprint density at radius 2 is 1.83 bits per heavy atom. The maximum Gasteiger partial charge on any atom is 0.274 e. The Morgan fingerprint density at radius 3 is 2.52 bits per heavy atom. The fourth-order valence-electron chi connectivity index (χ4n) is 4.00.